The Morgan fingerprint density at radius 2 is 1.83 bits per heavy atom. The lowest BCUT2D eigenvalue weighted by atomic mass is 9.83. The normalized spacial score (nSPS) is 19.1. The Hall–Kier alpha value is -1.10. The van der Waals surface area contributed by atoms with Crippen LogP contribution >= 0.6 is 0 Å². The minimum absolute atomic E-state index is 0.340. The van der Waals surface area contributed by atoms with Crippen LogP contribution in [0.4, 0.5) is 0 Å². The number of carbonyl (C=O) groups excluding carboxylic acids is 2. The van der Waals surface area contributed by atoms with E-state index in [1.54, 1.807) is 0 Å². The van der Waals surface area contributed by atoms with Crippen LogP contribution in [-0.2, 0) is 19.1 Å². The third-order valence-corrected chi connectivity index (χ3v) is 3.36. The number of hydrogen-bond donors (Lipinski definition) is 1. The molecule has 0 saturated carbocycles. The molecular formula is C13H23NO4. The molecule has 1 unspecified atom stereocenters. The van der Waals surface area contributed by atoms with Crippen molar-refractivity contribution in [2.24, 2.45) is 5.92 Å². The maximum absolute atomic E-state index is 11.8. The predicted octanol–water partition coefficient (Wildman–Crippen LogP) is 1.26. The Balaban J connectivity index is 2.52. The van der Waals surface area contributed by atoms with Crippen LogP contribution in [0.3, 0.4) is 0 Å². The van der Waals surface area contributed by atoms with Crippen molar-refractivity contribution < 1.29 is 19.1 Å². The highest BCUT2D eigenvalue weighted by molar-refractivity contribution is 5.78. The molecule has 18 heavy (non-hydrogen) atoms. The molecule has 0 aromatic heterocycles. The molecule has 0 bridgehead atoms. The number of nitrogens with one attached hydrogen (secondary N) is 1. The maximum Gasteiger partial charge on any atom is 0.347 e. The van der Waals surface area contributed by atoms with E-state index in [9.17, 15) is 9.59 Å². The first kappa shape index (κ1) is 15.0. The van der Waals surface area contributed by atoms with Gasteiger partial charge in [-0.2, -0.15) is 0 Å². The lowest BCUT2D eigenvalue weighted by Gasteiger charge is -2.37. The molecule has 1 aliphatic heterocycles. The van der Waals surface area contributed by atoms with Crippen LogP contribution in [0.15, 0.2) is 0 Å². The third-order valence-electron chi connectivity index (χ3n) is 3.36. The molecule has 1 heterocycles. The molecular weight excluding hydrogens is 234 g/mol. The monoisotopic (exact) mass is 257 g/mol. The fraction of sp³-hybridized carbons (Fsp3) is 0.846. The van der Waals surface area contributed by atoms with Crippen molar-refractivity contribution in [3.63, 3.8) is 0 Å². The molecule has 1 N–H and O–H groups in total. The van der Waals surface area contributed by atoms with E-state index < -0.39 is 23.6 Å². The van der Waals surface area contributed by atoms with Gasteiger partial charge < -0.3 is 14.8 Å². The Kier molecular flexibility index (Phi) is 5.14. The summed E-state index contributed by atoms with van der Waals surface area (Å²) in [4.78, 5) is 22.6. The quantitative estimate of drug-likeness (QED) is 0.768. The van der Waals surface area contributed by atoms with Crippen LogP contribution in [-0.4, -0.2) is 36.7 Å². The summed E-state index contributed by atoms with van der Waals surface area (Å²) in [6, 6.07) is 0. The molecule has 1 atom stereocenters. The molecule has 0 amide bonds. The number of piperidine rings is 1. The van der Waals surface area contributed by atoms with E-state index in [1.165, 1.54) is 13.8 Å². The van der Waals surface area contributed by atoms with Crippen LogP contribution in [0.1, 0.15) is 40.5 Å². The highest BCUT2D eigenvalue weighted by Gasteiger charge is 2.35. The lowest BCUT2D eigenvalue weighted by Crippen LogP contribution is -2.44. The minimum atomic E-state index is -0.844. The van der Waals surface area contributed by atoms with Gasteiger partial charge >= 0.3 is 11.9 Å². The highest BCUT2D eigenvalue weighted by Crippen LogP contribution is 2.29. The van der Waals surface area contributed by atoms with Gasteiger partial charge in [-0.25, -0.2) is 4.79 Å². The first-order valence-electron chi connectivity index (χ1n) is 6.43. The topological polar surface area (TPSA) is 64.6 Å². The molecule has 104 valence electrons. The van der Waals surface area contributed by atoms with Crippen molar-refractivity contribution in [3.8, 4) is 0 Å². The van der Waals surface area contributed by atoms with Crippen molar-refractivity contribution in [2.75, 3.05) is 13.1 Å². The van der Waals surface area contributed by atoms with Gasteiger partial charge in [-0.3, -0.25) is 4.79 Å². The maximum atomic E-state index is 11.8. The Morgan fingerprint density at radius 3 is 2.33 bits per heavy atom. The summed E-state index contributed by atoms with van der Waals surface area (Å²) in [6.07, 6.45) is 1.13. The summed E-state index contributed by atoms with van der Waals surface area (Å²) in [7, 11) is 0. The van der Waals surface area contributed by atoms with Crippen LogP contribution in [0.2, 0.25) is 0 Å². The van der Waals surface area contributed by atoms with E-state index in [-0.39, 0.29) is 0 Å². The molecule has 0 aromatic rings. The van der Waals surface area contributed by atoms with Gasteiger partial charge in [-0.05, 0) is 46.7 Å². The first-order valence-corrected chi connectivity index (χ1v) is 6.43. The average Bonchev–Trinajstić information content (AvgIpc) is 2.28. The summed E-state index contributed by atoms with van der Waals surface area (Å²) >= 11 is 0. The van der Waals surface area contributed by atoms with Crippen molar-refractivity contribution in [1.29, 1.82) is 0 Å². The third kappa shape index (κ3) is 4.29. The van der Waals surface area contributed by atoms with E-state index >= 15 is 0 Å². The van der Waals surface area contributed by atoms with Gasteiger partial charge in [-0.15, -0.1) is 0 Å². The number of esters is 2. The standard InChI is InChI=1S/C13H23NO4/c1-9(17-10(2)15)12(16)18-13(3,4)11-5-7-14-8-6-11/h9,11,14H,5-8H2,1-4H3. The molecule has 5 heteroatoms. The van der Waals surface area contributed by atoms with Crippen molar-refractivity contribution >= 4 is 11.9 Å². The van der Waals surface area contributed by atoms with Crippen molar-refractivity contribution in [3.05, 3.63) is 0 Å². The largest absolute Gasteiger partial charge is 0.457 e. The Labute approximate surface area is 108 Å². The van der Waals surface area contributed by atoms with Gasteiger partial charge in [0.2, 0.25) is 0 Å². The smallest absolute Gasteiger partial charge is 0.347 e. The molecule has 1 saturated heterocycles. The van der Waals surface area contributed by atoms with Crippen molar-refractivity contribution in [1.82, 2.24) is 5.32 Å². The van der Waals surface area contributed by atoms with Gasteiger partial charge in [0.25, 0.3) is 0 Å². The fourth-order valence-corrected chi connectivity index (χ4v) is 2.24. The summed E-state index contributed by atoms with van der Waals surface area (Å²) in [6.45, 7) is 8.54. The van der Waals surface area contributed by atoms with Crippen LogP contribution in [0, 0.1) is 5.92 Å². The summed E-state index contributed by atoms with van der Waals surface area (Å²) in [5.74, 6) is -0.611. The second-order valence-corrected chi connectivity index (χ2v) is 5.30. The molecule has 1 rings (SSSR count). The van der Waals surface area contributed by atoms with E-state index in [1.807, 2.05) is 13.8 Å². The van der Waals surface area contributed by atoms with Crippen LogP contribution in [0.5, 0.6) is 0 Å². The lowest BCUT2D eigenvalue weighted by molar-refractivity contribution is -0.179. The van der Waals surface area contributed by atoms with Gasteiger partial charge in [0.05, 0.1) is 0 Å². The molecule has 0 radical (unpaired) electrons. The predicted molar refractivity (Wildman–Crippen MR) is 67.0 cm³/mol. The van der Waals surface area contributed by atoms with E-state index in [2.05, 4.69) is 5.32 Å². The fourth-order valence-electron chi connectivity index (χ4n) is 2.24. The SMILES string of the molecule is CC(=O)OC(C)C(=O)OC(C)(C)C1CCNCC1. The number of ether oxygens (including phenoxy) is 2. The molecule has 5 nitrogen and oxygen atoms in total. The molecule has 0 aromatic carbocycles. The summed E-state index contributed by atoms with van der Waals surface area (Å²) < 4.78 is 10.3. The molecule has 1 fully saturated rings. The zero-order chi connectivity index (χ0) is 13.8. The molecule has 1 aliphatic rings. The van der Waals surface area contributed by atoms with E-state index in [0.717, 1.165) is 25.9 Å². The van der Waals surface area contributed by atoms with Crippen LogP contribution in [0.25, 0.3) is 0 Å². The number of hydrogen-bond acceptors (Lipinski definition) is 5. The number of rotatable bonds is 4. The highest BCUT2D eigenvalue weighted by atomic mass is 16.6. The van der Waals surface area contributed by atoms with Gasteiger partial charge in [0, 0.05) is 12.8 Å². The molecule has 0 spiro atoms. The second-order valence-electron chi connectivity index (χ2n) is 5.30. The average molecular weight is 257 g/mol. The summed E-state index contributed by atoms with van der Waals surface area (Å²) in [5.41, 5.74) is -0.520. The van der Waals surface area contributed by atoms with Gasteiger partial charge in [0.1, 0.15) is 5.60 Å². The van der Waals surface area contributed by atoms with Gasteiger partial charge in [0.15, 0.2) is 6.10 Å². The second kappa shape index (κ2) is 6.18. The first-order chi connectivity index (χ1) is 8.33. The number of carbonyl (C=O) groups is 2. The van der Waals surface area contributed by atoms with Gasteiger partial charge in [-0.1, -0.05) is 0 Å². The summed E-state index contributed by atoms with van der Waals surface area (Å²) in [5, 5.41) is 3.28. The minimum Gasteiger partial charge on any atom is -0.457 e. The zero-order valence-electron chi connectivity index (χ0n) is 11.6. The Bertz CT molecular complexity index is 308. The van der Waals surface area contributed by atoms with E-state index in [0.29, 0.717) is 5.92 Å². The van der Waals surface area contributed by atoms with Crippen LogP contribution < -0.4 is 5.32 Å². The van der Waals surface area contributed by atoms with Crippen molar-refractivity contribution in [2.45, 2.75) is 52.2 Å². The Morgan fingerprint density at radius 1 is 1.28 bits per heavy atom. The zero-order valence-corrected chi connectivity index (χ0v) is 11.6. The van der Waals surface area contributed by atoms with E-state index in [4.69, 9.17) is 9.47 Å². The molecule has 0 aliphatic carbocycles.